The van der Waals surface area contributed by atoms with Gasteiger partial charge in [0.25, 0.3) is 0 Å². The predicted molar refractivity (Wildman–Crippen MR) is 108 cm³/mol. The number of hydrogen-bond donors (Lipinski definition) is 0. The molecule has 2 nitrogen and oxygen atoms in total. The van der Waals surface area contributed by atoms with E-state index < -0.39 is 0 Å². The van der Waals surface area contributed by atoms with Crippen molar-refractivity contribution in [3.8, 4) is 5.75 Å². The third-order valence-corrected chi connectivity index (χ3v) is 6.13. The van der Waals surface area contributed by atoms with E-state index in [4.69, 9.17) is 4.74 Å². The Bertz CT molecular complexity index is 737. The Kier molecular flexibility index (Phi) is 5.19. The quantitative estimate of drug-likeness (QED) is 0.421. The molecule has 0 aliphatic heterocycles. The van der Waals surface area contributed by atoms with Gasteiger partial charge in [0.05, 0.1) is 6.10 Å². The summed E-state index contributed by atoms with van der Waals surface area (Å²) in [6, 6.07) is 10.0. The fourth-order valence-corrected chi connectivity index (χ4v) is 4.46. The first-order chi connectivity index (χ1) is 11.4. The molecule has 2 aromatic rings. The van der Waals surface area contributed by atoms with Gasteiger partial charge in [0.15, 0.2) is 0 Å². The van der Waals surface area contributed by atoms with Crippen molar-refractivity contribution in [3.05, 3.63) is 39.5 Å². The molecule has 24 heavy (non-hydrogen) atoms. The molecule has 1 fully saturated rings. The average Bonchev–Trinajstić information content (AvgIpc) is 2.54. The first-order valence-electron chi connectivity index (χ1n) is 8.72. The van der Waals surface area contributed by atoms with Crippen molar-refractivity contribution in [1.29, 1.82) is 0 Å². The number of carbonyl (C=O) groups is 1. The summed E-state index contributed by atoms with van der Waals surface area (Å²) in [5, 5.41) is 2.25. The van der Waals surface area contributed by atoms with Gasteiger partial charge >= 0.3 is 0 Å². The number of rotatable bonds is 3. The van der Waals surface area contributed by atoms with E-state index >= 15 is 0 Å². The fraction of sp³-hybridized carbons (Fsp3) is 0.476. The van der Waals surface area contributed by atoms with E-state index in [1.807, 2.05) is 18.2 Å². The molecule has 3 heteroatoms. The van der Waals surface area contributed by atoms with Crippen LogP contribution < -0.4 is 4.74 Å². The zero-order chi connectivity index (χ0) is 17.3. The van der Waals surface area contributed by atoms with Crippen molar-refractivity contribution >= 4 is 39.6 Å². The molecule has 0 aromatic heterocycles. The van der Waals surface area contributed by atoms with Crippen LogP contribution in [-0.4, -0.2) is 12.4 Å². The first-order valence-corrected chi connectivity index (χ1v) is 9.80. The summed E-state index contributed by atoms with van der Waals surface area (Å²) >= 11 is 2.33. The lowest BCUT2D eigenvalue weighted by molar-refractivity contribution is 0.0883. The summed E-state index contributed by atoms with van der Waals surface area (Å²) in [6.07, 6.45) is 6.00. The summed E-state index contributed by atoms with van der Waals surface area (Å²) in [5.74, 6) is 1.75. The van der Waals surface area contributed by atoms with Gasteiger partial charge in [-0.25, -0.2) is 0 Å². The fourth-order valence-electron chi connectivity index (χ4n) is 3.68. The molecule has 0 amide bonds. The van der Waals surface area contributed by atoms with Crippen LogP contribution in [-0.2, 0) is 0 Å². The second kappa shape index (κ2) is 7.03. The maximum Gasteiger partial charge on any atom is 0.150 e. The lowest BCUT2D eigenvalue weighted by Crippen LogP contribution is -2.30. The second-order valence-corrected chi connectivity index (χ2v) is 9.12. The minimum atomic E-state index is 0.325. The molecule has 0 radical (unpaired) electrons. The number of fused-ring (bicyclic) bond motifs is 1. The van der Waals surface area contributed by atoms with E-state index in [-0.39, 0.29) is 0 Å². The lowest BCUT2D eigenvalue weighted by Gasteiger charge is -2.37. The highest BCUT2D eigenvalue weighted by atomic mass is 127. The van der Waals surface area contributed by atoms with Crippen molar-refractivity contribution < 1.29 is 9.53 Å². The Hall–Kier alpha value is -1.10. The normalized spacial score (nSPS) is 21.7. The molecule has 0 saturated heterocycles. The van der Waals surface area contributed by atoms with E-state index in [9.17, 15) is 4.79 Å². The smallest absolute Gasteiger partial charge is 0.150 e. The Labute approximate surface area is 158 Å². The second-order valence-electron chi connectivity index (χ2n) is 7.96. The van der Waals surface area contributed by atoms with E-state index in [2.05, 4.69) is 55.5 Å². The number of ether oxygens (including phenoxy) is 1. The topological polar surface area (TPSA) is 26.3 Å². The van der Waals surface area contributed by atoms with Crippen LogP contribution in [0.5, 0.6) is 5.75 Å². The van der Waals surface area contributed by atoms with Gasteiger partial charge in [0.2, 0.25) is 0 Å². The van der Waals surface area contributed by atoms with Crippen molar-refractivity contribution in [3.63, 3.8) is 0 Å². The summed E-state index contributed by atoms with van der Waals surface area (Å²) in [6.45, 7) is 7.04. The van der Waals surface area contributed by atoms with Crippen LogP contribution >= 0.6 is 22.6 Å². The molecule has 0 N–H and O–H groups in total. The molecule has 1 saturated carbocycles. The van der Waals surface area contributed by atoms with Crippen LogP contribution in [0.4, 0.5) is 0 Å². The number of aldehydes is 1. The third kappa shape index (κ3) is 3.93. The van der Waals surface area contributed by atoms with E-state index in [1.54, 1.807) is 0 Å². The number of hydrogen-bond acceptors (Lipinski definition) is 2. The van der Waals surface area contributed by atoms with Gasteiger partial charge in [-0.05, 0) is 88.6 Å². The zero-order valence-corrected chi connectivity index (χ0v) is 16.8. The number of halogens is 1. The van der Waals surface area contributed by atoms with Crippen molar-refractivity contribution in [2.75, 3.05) is 0 Å². The molecule has 1 aliphatic rings. The van der Waals surface area contributed by atoms with E-state index in [1.165, 1.54) is 12.8 Å². The Morgan fingerprint density at radius 3 is 2.42 bits per heavy atom. The average molecular weight is 436 g/mol. The number of carbonyl (C=O) groups excluding carboxylic acids is 1. The molecule has 128 valence electrons. The van der Waals surface area contributed by atoms with Crippen molar-refractivity contribution in [1.82, 2.24) is 0 Å². The van der Waals surface area contributed by atoms with Gasteiger partial charge in [-0.2, -0.15) is 0 Å². The third-order valence-electron chi connectivity index (χ3n) is 5.24. The van der Waals surface area contributed by atoms with Crippen LogP contribution in [0.3, 0.4) is 0 Å². The van der Waals surface area contributed by atoms with Crippen LogP contribution in [0.2, 0.25) is 0 Å². The molecule has 2 aromatic carbocycles. The Morgan fingerprint density at radius 1 is 1.08 bits per heavy atom. The van der Waals surface area contributed by atoms with Crippen molar-refractivity contribution in [2.24, 2.45) is 11.3 Å². The van der Waals surface area contributed by atoms with Crippen LogP contribution in [0.25, 0.3) is 10.8 Å². The monoisotopic (exact) mass is 436 g/mol. The van der Waals surface area contributed by atoms with Gasteiger partial charge in [-0.15, -0.1) is 0 Å². The van der Waals surface area contributed by atoms with Crippen LogP contribution in [0.15, 0.2) is 30.3 Å². The van der Waals surface area contributed by atoms with Gasteiger partial charge in [0, 0.05) is 9.13 Å². The van der Waals surface area contributed by atoms with Crippen molar-refractivity contribution in [2.45, 2.75) is 52.6 Å². The first kappa shape index (κ1) is 17.7. The predicted octanol–water partition coefficient (Wildman–Crippen LogP) is 6.24. The highest BCUT2D eigenvalue weighted by molar-refractivity contribution is 14.1. The summed E-state index contributed by atoms with van der Waals surface area (Å²) in [4.78, 5) is 11.0. The molecule has 0 unspecified atom stereocenters. The summed E-state index contributed by atoms with van der Waals surface area (Å²) in [5.41, 5.74) is 1.12. The van der Waals surface area contributed by atoms with Gasteiger partial charge < -0.3 is 4.74 Å². The lowest BCUT2D eigenvalue weighted by atomic mass is 9.72. The Morgan fingerprint density at radius 2 is 1.79 bits per heavy atom. The maximum atomic E-state index is 11.0. The molecule has 0 spiro atoms. The maximum absolute atomic E-state index is 11.0. The molecule has 1 aliphatic carbocycles. The SMILES string of the molecule is CC(C)(C)[C@H]1CC[C@H](Oc2cc(I)c3cc(C=O)ccc3c2)CC1. The summed E-state index contributed by atoms with van der Waals surface area (Å²) < 4.78 is 7.42. The van der Waals surface area contributed by atoms with E-state index in [0.29, 0.717) is 11.5 Å². The standard InChI is InChI=1S/C21H25IO2/c1-21(2,3)16-6-8-17(9-7-16)24-18-11-15-5-4-14(13-23)10-19(15)20(22)12-18/h4-5,10-13,16-17H,6-9H2,1-3H3/t16-,17-. The highest BCUT2D eigenvalue weighted by Crippen LogP contribution is 2.39. The molecule has 0 atom stereocenters. The van der Waals surface area contributed by atoms with Crippen LogP contribution in [0.1, 0.15) is 56.8 Å². The number of benzene rings is 2. The molecular weight excluding hydrogens is 411 g/mol. The van der Waals surface area contributed by atoms with Gasteiger partial charge in [-0.3, -0.25) is 4.79 Å². The zero-order valence-electron chi connectivity index (χ0n) is 14.6. The molecule has 0 bridgehead atoms. The summed E-state index contributed by atoms with van der Waals surface area (Å²) in [7, 11) is 0. The van der Waals surface area contributed by atoms with Crippen LogP contribution in [0, 0.1) is 14.9 Å². The Balaban J connectivity index is 1.73. The molecule has 3 rings (SSSR count). The minimum absolute atomic E-state index is 0.325. The molecule has 0 heterocycles. The van der Waals surface area contributed by atoms with E-state index in [0.717, 1.165) is 50.7 Å². The minimum Gasteiger partial charge on any atom is -0.490 e. The highest BCUT2D eigenvalue weighted by Gasteiger charge is 2.30. The van der Waals surface area contributed by atoms with Gasteiger partial charge in [-0.1, -0.05) is 32.9 Å². The van der Waals surface area contributed by atoms with Gasteiger partial charge in [0.1, 0.15) is 12.0 Å². The largest absolute Gasteiger partial charge is 0.490 e. The molecular formula is C21H25IO2.